The summed E-state index contributed by atoms with van der Waals surface area (Å²) in [6, 6.07) is 29.2. The minimum atomic E-state index is 0.817. The zero-order valence-corrected chi connectivity index (χ0v) is 17.9. The topological polar surface area (TPSA) is 38.9 Å². The van der Waals surface area contributed by atoms with Gasteiger partial charge in [0.1, 0.15) is 10.8 Å². The zero-order valence-electron chi connectivity index (χ0n) is 17.1. The van der Waals surface area contributed by atoms with E-state index in [0.717, 1.165) is 38.7 Å². The molecule has 0 amide bonds. The Morgan fingerprint density at radius 3 is 2.31 bits per heavy atom. The standard InChI is InChI=1S/C28H18N2OS/c1-2-9-20-19(7-1)8-5-10-21(20)22-13-14-23(25-12-6-17-31-25)27(28-30-16-18-32-28)26(22)24-11-3-4-15-29-24/h1-18H. The third kappa shape index (κ3) is 3.13. The number of furan rings is 1. The smallest absolute Gasteiger partial charge is 0.134 e. The summed E-state index contributed by atoms with van der Waals surface area (Å²) in [6.45, 7) is 0. The van der Waals surface area contributed by atoms with E-state index in [2.05, 4.69) is 65.6 Å². The summed E-state index contributed by atoms with van der Waals surface area (Å²) < 4.78 is 5.82. The van der Waals surface area contributed by atoms with E-state index < -0.39 is 0 Å². The first-order valence-electron chi connectivity index (χ1n) is 10.4. The van der Waals surface area contributed by atoms with Crippen molar-refractivity contribution in [1.29, 1.82) is 0 Å². The first kappa shape index (κ1) is 18.7. The van der Waals surface area contributed by atoms with Crippen LogP contribution in [0.3, 0.4) is 0 Å². The summed E-state index contributed by atoms with van der Waals surface area (Å²) in [6.07, 6.45) is 5.39. The molecule has 6 rings (SSSR count). The van der Waals surface area contributed by atoms with Crippen molar-refractivity contribution in [3.05, 3.63) is 109 Å². The lowest BCUT2D eigenvalue weighted by Gasteiger charge is -2.18. The molecule has 0 fully saturated rings. The molecule has 3 aromatic heterocycles. The van der Waals surface area contributed by atoms with Crippen molar-refractivity contribution >= 4 is 22.1 Å². The molecule has 0 spiro atoms. The van der Waals surface area contributed by atoms with Gasteiger partial charge < -0.3 is 4.42 Å². The number of nitrogens with zero attached hydrogens (tertiary/aromatic N) is 2. The summed E-state index contributed by atoms with van der Waals surface area (Å²) in [4.78, 5) is 9.44. The Morgan fingerprint density at radius 2 is 1.50 bits per heavy atom. The van der Waals surface area contributed by atoms with Gasteiger partial charge in [0.05, 0.1) is 12.0 Å². The molecule has 0 aliphatic carbocycles. The number of benzene rings is 3. The molecule has 0 saturated carbocycles. The molecule has 3 aromatic carbocycles. The Bertz CT molecular complexity index is 1500. The quantitative estimate of drug-likeness (QED) is 0.285. The van der Waals surface area contributed by atoms with E-state index >= 15 is 0 Å². The summed E-state index contributed by atoms with van der Waals surface area (Å²) in [7, 11) is 0. The Morgan fingerprint density at radius 1 is 0.625 bits per heavy atom. The van der Waals surface area contributed by atoms with Crippen LogP contribution in [-0.2, 0) is 0 Å². The van der Waals surface area contributed by atoms with Gasteiger partial charge in [-0.25, -0.2) is 4.98 Å². The zero-order chi connectivity index (χ0) is 21.3. The normalized spacial score (nSPS) is 11.1. The second kappa shape index (κ2) is 7.91. The van der Waals surface area contributed by atoms with Crippen LogP contribution in [0, 0.1) is 0 Å². The van der Waals surface area contributed by atoms with Crippen molar-refractivity contribution in [2.24, 2.45) is 0 Å². The molecule has 0 radical (unpaired) electrons. The predicted molar refractivity (Wildman–Crippen MR) is 131 cm³/mol. The molecular formula is C28H18N2OS. The van der Waals surface area contributed by atoms with Crippen LogP contribution in [0.1, 0.15) is 0 Å². The molecule has 3 heterocycles. The molecule has 32 heavy (non-hydrogen) atoms. The molecule has 0 bridgehead atoms. The van der Waals surface area contributed by atoms with E-state index in [1.54, 1.807) is 17.6 Å². The summed E-state index contributed by atoms with van der Waals surface area (Å²) in [5.41, 5.74) is 6.32. The second-order valence-electron chi connectivity index (χ2n) is 7.47. The van der Waals surface area contributed by atoms with Gasteiger partial charge >= 0.3 is 0 Å². The van der Waals surface area contributed by atoms with Crippen molar-refractivity contribution in [2.75, 3.05) is 0 Å². The fourth-order valence-electron chi connectivity index (χ4n) is 4.27. The third-order valence-electron chi connectivity index (χ3n) is 5.64. The van der Waals surface area contributed by atoms with Crippen LogP contribution in [0.2, 0.25) is 0 Å². The van der Waals surface area contributed by atoms with Crippen LogP contribution in [0.25, 0.3) is 55.1 Å². The monoisotopic (exact) mass is 430 g/mol. The highest BCUT2D eigenvalue weighted by atomic mass is 32.1. The maximum Gasteiger partial charge on any atom is 0.134 e. The van der Waals surface area contributed by atoms with Crippen molar-refractivity contribution in [3.8, 4) is 44.3 Å². The van der Waals surface area contributed by atoms with Crippen LogP contribution in [0.5, 0.6) is 0 Å². The fraction of sp³-hybridized carbons (Fsp3) is 0. The molecule has 0 saturated heterocycles. The number of thiazole rings is 1. The van der Waals surface area contributed by atoms with Crippen molar-refractivity contribution < 1.29 is 4.42 Å². The first-order chi connectivity index (χ1) is 15.9. The van der Waals surface area contributed by atoms with Crippen LogP contribution in [0.15, 0.2) is 113 Å². The van der Waals surface area contributed by atoms with Crippen LogP contribution in [-0.4, -0.2) is 9.97 Å². The minimum absolute atomic E-state index is 0.817. The molecular weight excluding hydrogens is 412 g/mol. The molecule has 0 aliphatic rings. The van der Waals surface area contributed by atoms with Crippen LogP contribution in [0.4, 0.5) is 0 Å². The van der Waals surface area contributed by atoms with E-state index in [1.807, 2.05) is 42.0 Å². The van der Waals surface area contributed by atoms with Gasteiger partial charge in [0, 0.05) is 34.5 Å². The van der Waals surface area contributed by atoms with E-state index in [4.69, 9.17) is 9.40 Å². The average Bonchev–Trinajstić information content (AvgIpc) is 3.58. The first-order valence-corrected chi connectivity index (χ1v) is 11.3. The van der Waals surface area contributed by atoms with E-state index in [0.29, 0.717) is 0 Å². The average molecular weight is 431 g/mol. The SMILES string of the molecule is c1ccc(-c2c(-c3cccc4ccccc34)ccc(-c3ccco3)c2-c2nccs2)nc1. The van der Waals surface area contributed by atoms with Crippen LogP contribution < -0.4 is 0 Å². The number of pyridine rings is 1. The molecule has 0 unspecified atom stereocenters. The minimum Gasteiger partial charge on any atom is -0.464 e. The van der Waals surface area contributed by atoms with Crippen molar-refractivity contribution in [2.45, 2.75) is 0 Å². The Kier molecular flexibility index (Phi) is 4.63. The third-order valence-corrected chi connectivity index (χ3v) is 6.43. The van der Waals surface area contributed by atoms with Gasteiger partial charge in [-0.2, -0.15) is 0 Å². The van der Waals surface area contributed by atoms with Crippen molar-refractivity contribution in [1.82, 2.24) is 9.97 Å². The number of rotatable bonds is 4. The molecule has 0 atom stereocenters. The largest absolute Gasteiger partial charge is 0.464 e. The van der Waals surface area contributed by atoms with Gasteiger partial charge in [-0.05, 0) is 52.2 Å². The Labute approximate surface area is 189 Å². The highest BCUT2D eigenvalue weighted by molar-refractivity contribution is 7.13. The molecule has 0 N–H and O–H groups in total. The van der Waals surface area contributed by atoms with Gasteiger partial charge in [0.2, 0.25) is 0 Å². The lowest BCUT2D eigenvalue weighted by molar-refractivity contribution is 0.582. The van der Waals surface area contributed by atoms with Gasteiger partial charge in [-0.3, -0.25) is 4.98 Å². The van der Waals surface area contributed by atoms with Crippen molar-refractivity contribution in [3.63, 3.8) is 0 Å². The van der Waals surface area contributed by atoms with Gasteiger partial charge in [0.25, 0.3) is 0 Å². The van der Waals surface area contributed by atoms with Crippen LogP contribution >= 0.6 is 11.3 Å². The number of aromatic nitrogens is 2. The number of hydrogen-bond donors (Lipinski definition) is 0. The second-order valence-corrected chi connectivity index (χ2v) is 8.36. The maximum atomic E-state index is 5.82. The Balaban J connectivity index is 1.76. The van der Waals surface area contributed by atoms with E-state index in [1.165, 1.54) is 16.3 Å². The fourth-order valence-corrected chi connectivity index (χ4v) is 4.97. The number of fused-ring (bicyclic) bond motifs is 1. The number of hydrogen-bond acceptors (Lipinski definition) is 4. The molecule has 6 aromatic rings. The maximum absolute atomic E-state index is 5.82. The van der Waals surface area contributed by atoms with Gasteiger partial charge in [0.15, 0.2) is 0 Å². The lowest BCUT2D eigenvalue weighted by Crippen LogP contribution is -1.95. The highest BCUT2D eigenvalue weighted by Crippen LogP contribution is 2.46. The highest BCUT2D eigenvalue weighted by Gasteiger charge is 2.23. The molecule has 152 valence electrons. The molecule has 0 aliphatic heterocycles. The van der Waals surface area contributed by atoms with E-state index in [9.17, 15) is 0 Å². The van der Waals surface area contributed by atoms with Gasteiger partial charge in [-0.15, -0.1) is 11.3 Å². The summed E-state index contributed by atoms with van der Waals surface area (Å²) in [5.74, 6) is 0.817. The summed E-state index contributed by atoms with van der Waals surface area (Å²) in [5, 5.41) is 5.37. The lowest BCUT2D eigenvalue weighted by atomic mass is 9.87. The molecule has 4 heteroatoms. The van der Waals surface area contributed by atoms with Gasteiger partial charge in [-0.1, -0.05) is 54.6 Å². The predicted octanol–water partition coefficient (Wildman–Crippen LogP) is 7.95. The summed E-state index contributed by atoms with van der Waals surface area (Å²) >= 11 is 1.62. The Hall–Kier alpha value is -4.02. The molecule has 3 nitrogen and oxygen atoms in total. The van der Waals surface area contributed by atoms with E-state index in [-0.39, 0.29) is 0 Å².